The SMILES string of the molecule is NC(=O)CCn1c(CCl)nc2cc(Br)c(F)cc21. The minimum Gasteiger partial charge on any atom is -0.370 e. The number of alkyl halides is 1. The molecule has 1 aromatic carbocycles. The molecule has 2 aromatic rings. The zero-order valence-electron chi connectivity index (χ0n) is 9.29. The molecular weight excluding hydrogens is 324 g/mol. The summed E-state index contributed by atoms with van der Waals surface area (Å²) in [5.74, 6) is -0.0311. The van der Waals surface area contributed by atoms with Crippen molar-refractivity contribution in [1.82, 2.24) is 9.55 Å². The predicted molar refractivity (Wildman–Crippen MR) is 70.8 cm³/mol. The van der Waals surface area contributed by atoms with Gasteiger partial charge in [0.2, 0.25) is 5.91 Å². The van der Waals surface area contributed by atoms with Crippen molar-refractivity contribution >= 4 is 44.5 Å². The minimum atomic E-state index is -0.421. The number of primary amides is 1. The van der Waals surface area contributed by atoms with Gasteiger partial charge in [0.15, 0.2) is 0 Å². The van der Waals surface area contributed by atoms with Crippen LogP contribution in [0, 0.1) is 5.82 Å². The molecule has 0 unspecified atom stereocenters. The first-order valence-electron chi connectivity index (χ1n) is 5.21. The fourth-order valence-corrected chi connectivity index (χ4v) is 2.28. The Hall–Kier alpha value is -1.14. The van der Waals surface area contributed by atoms with E-state index < -0.39 is 5.91 Å². The van der Waals surface area contributed by atoms with E-state index in [9.17, 15) is 9.18 Å². The number of rotatable bonds is 4. The average Bonchev–Trinajstić information content (AvgIpc) is 2.64. The summed E-state index contributed by atoms with van der Waals surface area (Å²) in [6, 6.07) is 2.95. The van der Waals surface area contributed by atoms with Gasteiger partial charge in [-0.25, -0.2) is 9.37 Å². The molecule has 2 rings (SSSR count). The molecule has 0 aliphatic heterocycles. The maximum Gasteiger partial charge on any atom is 0.219 e. The molecule has 0 saturated heterocycles. The fourth-order valence-electron chi connectivity index (χ4n) is 1.74. The number of benzene rings is 1. The molecule has 18 heavy (non-hydrogen) atoms. The number of hydrogen-bond donors (Lipinski definition) is 1. The van der Waals surface area contributed by atoms with Crippen LogP contribution in [-0.4, -0.2) is 15.5 Å². The summed E-state index contributed by atoms with van der Waals surface area (Å²) < 4.78 is 15.6. The van der Waals surface area contributed by atoms with Gasteiger partial charge in [0, 0.05) is 19.0 Å². The van der Waals surface area contributed by atoms with Crippen LogP contribution in [0.15, 0.2) is 16.6 Å². The zero-order chi connectivity index (χ0) is 13.3. The smallest absolute Gasteiger partial charge is 0.219 e. The molecular formula is C11H10BrClFN3O. The molecule has 7 heteroatoms. The van der Waals surface area contributed by atoms with Crippen molar-refractivity contribution in [3.8, 4) is 0 Å². The standard InChI is InChI=1S/C11H10BrClFN3O/c12-6-3-8-9(4-7(6)14)17(2-1-10(15)18)11(5-13)16-8/h3-4H,1-2,5H2,(H2,15,18). The first-order chi connectivity index (χ1) is 8.52. The zero-order valence-corrected chi connectivity index (χ0v) is 11.6. The van der Waals surface area contributed by atoms with Crippen molar-refractivity contribution in [2.45, 2.75) is 18.8 Å². The highest BCUT2D eigenvalue weighted by molar-refractivity contribution is 9.10. The number of aryl methyl sites for hydroxylation is 1. The van der Waals surface area contributed by atoms with Gasteiger partial charge in [-0.1, -0.05) is 0 Å². The quantitative estimate of drug-likeness (QED) is 0.874. The van der Waals surface area contributed by atoms with Gasteiger partial charge in [-0.3, -0.25) is 4.79 Å². The lowest BCUT2D eigenvalue weighted by atomic mass is 10.3. The lowest BCUT2D eigenvalue weighted by Gasteiger charge is -2.06. The second-order valence-electron chi connectivity index (χ2n) is 3.78. The molecule has 96 valence electrons. The van der Waals surface area contributed by atoms with Gasteiger partial charge in [0.1, 0.15) is 11.6 Å². The van der Waals surface area contributed by atoms with E-state index in [1.807, 2.05) is 0 Å². The Morgan fingerprint density at radius 1 is 1.56 bits per heavy atom. The first-order valence-corrected chi connectivity index (χ1v) is 6.54. The Bertz CT molecular complexity index is 614. The highest BCUT2D eigenvalue weighted by Gasteiger charge is 2.13. The summed E-state index contributed by atoms with van der Waals surface area (Å²) in [6.45, 7) is 0.342. The fraction of sp³-hybridized carbons (Fsp3) is 0.273. The summed E-state index contributed by atoms with van der Waals surface area (Å²) in [4.78, 5) is 15.1. The number of aromatic nitrogens is 2. The number of carbonyl (C=O) groups excluding carboxylic acids is 1. The highest BCUT2D eigenvalue weighted by atomic mass is 79.9. The Morgan fingerprint density at radius 2 is 2.28 bits per heavy atom. The monoisotopic (exact) mass is 333 g/mol. The van der Waals surface area contributed by atoms with Crippen LogP contribution in [0.5, 0.6) is 0 Å². The summed E-state index contributed by atoms with van der Waals surface area (Å²) in [5.41, 5.74) is 6.34. The molecule has 1 amide bonds. The topological polar surface area (TPSA) is 60.9 Å². The maximum absolute atomic E-state index is 13.5. The van der Waals surface area contributed by atoms with Gasteiger partial charge in [-0.15, -0.1) is 11.6 Å². The van der Waals surface area contributed by atoms with E-state index in [1.165, 1.54) is 6.07 Å². The molecule has 0 spiro atoms. The Morgan fingerprint density at radius 3 is 2.89 bits per heavy atom. The average molecular weight is 335 g/mol. The number of nitrogens with zero attached hydrogens (tertiary/aromatic N) is 2. The third-order valence-corrected chi connectivity index (χ3v) is 3.42. The molecule has 0 fully saturated rings. The second kappa shape index (κ2) is 5.24. The van der Waals surface area contributed by atoms with Crippen molar-refractivity contribution in [3.05, 3.63) is 28.2 Å². The third-order valence-electron chi connectivity index (χ3n) is 2.57. The molecule has 0 radical (unpaired) electrons. The number of hydrogen-bond acceptors (Lipinski definition) is 2. The molecule has 0 aliphatic rings. The lowest BCUT2D eigenvalue weighted by molar-refractivity contribution is -0.118. The summed E-state index contributed by atoms with van der Waals surface area (Å²) in [5, 5.41) is 0. The normalized spacial score (nSPS) is 11.1. The van der Waals surface area contributed by atoms with Crippen LogP contribution in [0.2, 0.25) is 0 Å². The molecule has 2 N–H and O–H groups in total. The third kappa shape index (κ3) is 2.49. The highest BCUT2D eigenvalue weighted by Crippen LogP contribution is 2.25. The van der Waals surface area contributed by atoms with Gasteiger partial charge in [0.25, 0.3) is 0 Å². The Labute approximate surface area is 116 Å². The van der Waals surface area contributed by atoms with Gasteiger partial charge >= 0.3 is 0 Å². The number of nitrogens with two attached hydrogens (primary N) is 1. The number of carbonyl (C=O) groups is 1. The van der Waals surface area contributed by atoms with Crippen LogP contribution >= 0.6 is 27.5 Å². The van der Waals surface area contributed by atoms with E-state index in [4.69, 9.17) is 17.3 Å². The van der Waals surface area contributed by atoms with E-state index in [-0.39, 0.29) is 18.1 Å². The summed E-state index contributed by atoms with van der Waals surface area (Å²) in [6.07, 6.45) is 0.160. The van der Waals surface area contributed by atoms with Crippen molar-refractivity contribution in [2.24, 2.45) is 5.73 Å². The van der Waals surface area contributed by atoms with Crippen LogP contribution in [0.4, 0.5) is 4.39 Å². The van der Waals surface area contributed by atoms with Gasteiger partial charge < -0.3 is 10.3 Å². The molecule has 0 aliphatic carbocycles. The van der Waals surface area contributed by atoms with Crippen molar-refractivity contribution < 1.29 is 9.18 Å². The first kappa shape index (κ1) is 13.3. The molecule has 0 atom stereocenters. The van der Waals surface area contributed by atoms with Crippen LogP contribution in [-0.2, 0) is 17.2 Å². The number of amides is 1. The van der Waals surface area contributed by atoms with Crippen LogP contribution in [0.3, 0.4) is 0 Å². The summed E-state index contributed by atoms with van der Waals surface area (Å²) in [7, 11) is 0. The van der Waals surface area contributed by atoms with Gasteiger partial charge in [-0.2, -0.15) is 0 Å². The van der Waals surface area contributed by atoms with Crippen LogP contribution < -0.4 is 5.73 Å². The number of fused-ring (bicyclic) bond motifs is 1. The van der Waals surface area contributed by atoms with Crippen molar-refractivity contribution in [1.29, 1.82) is 0 Å². The number of imidazole rings is 1. The van der Waals surface area contributed by atoms with E-state index in [1.54, 1.807) is 10.6 Å². The maximum atomic E-state index is 13.5. The van der Waals surface area contributed by atoms with E-state index in [0.717, 1.165) is 0 Å². The van der Waals surface area contributed by atoms with Crippen molar-refractivity contribution in [3.63, 3.8) is 0 Å². The van der Waals surface area contributed by atoms with E-state index in [2.05, 4.69) is 20.9 Å². The van der Waals surface area contributed by atoms with E-state index >= 15 is 0 Å². The predicted octanol–water partition coefficient (Wildman–Crippen LogP) is 2.55. The molecule has 0 saturated carbocycles. The van der Waals surface area contributed by atoms with Crippen LogP contribution in [0.25, 0.3) is 11.0 Å². The lowest BCUT2D eigenvalue weighted by Crippen LogP contribution is -2.14. The minimum absolute atomic E-state index is 0.160. The number of halogens is 3. The molecule has 4 nitrogen and oxygen atoms in total. The summed E-state index contributed by atoms with van der Waals surface area (Å²) >= 11 is 8.90. The van der Waals surface area contributed by atoms with Crippen molar-refractivity contribution in [2.75, 3.05) is 0 Å². The van der Waals surface area contributed by atoms with Gasteiger partial charge in [0.05, 0.1) is 21.4 Å². The molecule has 1 aromatic heterocycles. The van der Waals surface area contributed by atoms with Gasteiger partial charge in [-0.05, 0) is 22.0 Å². The Balaban J connectivity index is 2.53. The Kier molecular flexibility index (Phi) is 3.87. The molecule has 0 bridgehead atoms. The largest absolute Gasteiger partial charge is 0.370 e. The molecule has 1 heterocycles. The second-order valence-corrected chi connectivity index (χ2v) is 4.91. The van der Waals surface area contributed by atoms with E-state index in [0.29, 0.717) is 27.9 Å². The van der Waals surface area contributed by atoms with Crippen LogP contribution in [0.1, 0.15) is 12.2 Å².